The number of nitrogens with one attached hydrogen (secondary N) is 1. The van der Waals surface area contributed by atoms with Crippen LogP contribution in [0.5, 0.6) is 5.75 Å². The Balaban J connectivity index is 1.77. The van der Waals surface area contributed by atoms with E-state index in [9.17, 15) is 0 Å². The molecule has 1 aliphatic heterocycles. The Kier molecular flexibility index (Phi) is 4.87. The highest BCUT2D eigenvalue weighted by Gasteiger charge is 2.29. The molecule has 2 heteroatoms. The van der Waals surface area contributed by atoms with Crippen molar-refractivity contribution in [3.8, 4) is 5.75 Å². The van der Waals surface area contributed by atoms with Gasteiger partial charge in [0.1, 0.15) is 11.4 Å². The molecule has 1 heterocycles. The Labute approximate surface area is 117 Å². The molecule has 0 amide bonds. The molecule has 1 aromatic rings. The Morgan fingerprint density at radius 1 is 1.16 bits per heavy atom. The predicted molar refractivity (Wildman–Crippen MR) is 81.0 cm³/mol. The summed E-state index contributed by atoms with van der Waals surface area (Å²) < 4.78 is 5.91. The van der Waals surface area contributed by atoms with E-state index in [1.54, 1.807) is 0 Å². The first kappa shape index (κ1) is 14.4. The van der Waals surface area contributed by atoms with Crippen LogP contribution in [0.4, 0.5) is 0 Å². The summed E-state index contributed by atoms with van der Waals surface area (Å²) in [7, 11) is 2.02. The Hall–Kier alpha value is -1.02. The molecule has 0 bridgehead atoms. The molecule has 0 saturated heterocycles. The molecule has 1 aliphatic rings. The highest BCUT2D eigenvalue weighted by atomic mass is 16.5. The summed E-state index contributed by atoms with van der Waals surface area (Å²) in [5.74, 6) is 1.09. The van der Waals surface area contributed by atoms with Crippen LogP contribution in [0.1, 0.15) is 50.7 Å². The molecule has 106 valence electrons. The monoisotopic (exact) mass is 261 g/mol. The van der Waals surface area contributed by atoms with Crippen molar-refractivity contribution in [3.63, 3.8) is 0 Å². The topological polar surface area (TPSA) is 21.3 Å². The molecule has 0 fully saturated rings. The average molecular weight is 261 g/mol. The fraction of sp³-hybridized carbons (Fsp3) is 0.647. The van der Waals surface area contributed by atoms with E-state index >= 15 is 0 Å². The number of benzene rings is 1. The van der Waals surface area contributed by atoms with Crippen molar-refractivity contribution in [2.75, 3.05) is 13.6 Å². The van der Waals surface area contributed by atoms with E-state index in [0.29, 0.717) is 0 Å². The maximum atomic E-state index is 5.91. The van der Waals surface area contributed by atoms with E-state index in [2.05, 4.69) is 37.4 Å². The lowest BCUT2D eigenvalue weighted by Crippen LogP contribution is -2.24. The zero-order chi connectivity index (χ0) is 13.7. The second kappa shape index (κ2) is 6.42. The Morgan fingerprint density at radius 2 is 1.95 bits per heavy atom. The van der Waals surface area contributed by atoms with Gasteiger partial charge in [-0.3, -0.25) is 0 Å². The fourth-order valence-electron chi connectivity index (χ4n) is 2.80. The normalized spacial score (nSPS) is 16.2. The zero-order valence-electron chi connectivity index (χ0n) is 12.6. The third kappa shape index (κ3) is 4.24. The summed E-state index contributed by atoms with van der Waals surface area (Å²) in [6.07, 6.45) is 7.50. The number of aryl methyl sites for hydroxylation is 1. The number of hydrogen-bond acceptors (Lipinski definition) is 2. The highest BCUT2D eigenvalue weighted by molar-refractivity contribution is 5.41. The summed E-state index contributed by atoms with van der Waals surface area (Å²) in [4.78, 5) is 0. The molecule has 0 radical (unpaired) electrons. The van der Waals surface area contributed by atoms with Gasteiger partial charge in [-0.05, 0) is 63.9 Å². The lowest BCUT2D eigenvalue weighted by atomic mass is 9.98. The fourth-order valence-corrected chi connectivity index (χ4v) is 2.80. The van der Waals surface area contributed by atoms with Gasteiger partial charge in [-0.1, -0.05) is 25.0 Å². The molecule has 1 aromatic carbocycles. The van der Waals surface area contributed by atoms with Crippen LogP contribution in [0.2, 0.25) is 0 Å². The molecule has 2 rings (SSSR count). The molecular formula is C17H27NO. The minimum absolute atomic E-state index is 0.0197. The molecule has 19 heavy (non-hydrogen) atoms. The molecule has 1 N–H and O–H groups in total. The summed E-state index contributed by atoms with van der Waals surface area (Å²) in [5, 5.41) is 3.20. The van der Waals surface area contributed by atoms with E-state index < -0.39 is 0 Å². The Morgan fingerprint density at radius 3 is 2.74 bits per heavy atom. The van der Waals surface area contributed by atoms with Crippen LogP contribution in [0.15, 0.2) is 18.2 Å². The SMILES string of the molecule is CNCCCCCCc1ccc2c(c1)CC(C)(C)O2. The van der Waals surface area contributed by atoms with E-state index in [4.69, 9.17) is 4.74 Å². The number of unbranched alkanes of at least 4 members (excludes halogenated alkanes) is 3. The molecular weight excluding hydrogens is 234 g/mol. The van der Waals surface area contributed by atoms with Crippen LogP contribution in [-0.2, 0) is 12.8 Å². The second-order valence-corrected chi connectivity index (χ2v) is 6.25. The second-order valence-electron chi connectivity index (χ2n) is 6.25. The smallest absolute Gasteiger partial charge is 0.123 e. The molecule has 0 spiro atoms. The number of rotatable bonds is 7. The van der Waals surface area contributed by atoms with Crippen LogP contribution in [0.25, 0.3) is 0 Å². The van der Waals surface area contributed by atoms with E-state index in [-0.39, 0.29) is 5.60 Å². The minimum atomic E-state index is -0.0197. The first-order valence-electron chi connectivity index (χ1n) is 7.56. The van der Waals surface area contributed by atoms with Crippen molar-refractivity contribution in [2.24, 2.45) is 0 Å². The van der Waals surface area contributed by atoms with Crippen LogP contribution in [-0.4, -0.2) is 19.2 Å². The number of hydrogen-bond donors (Lipinski definition) is 1. The lowest BCUT2D eigenvalue weighted by molar-refractivity contribution is 0.138. The van der Waals surface area contributed by atoms with E-state index in [0.717, 1.165) is 18.7 Å². The maximum absolute atomic E-state index is 5.91. The third-order valence-electron chi connectivity index (χ3n) is 3.77. The van der Waals surface area contributed by atoms with Gasteiger partial charge < -0.3 is 10.1 Å². The van der Waals surface area contributed by atoms with Gasteiger partial charge in [0.25, 0.3) is 0 Å². The van der Waals surface area contributed by atoms with Gasteiger partial charge in [0.15, 0.2) is 0 Å². The average Bonchev–Trinajstić information content (AvgIpc) is 2.66. The quantitative estimate of drug-likeness (QED) is 0.755. The summed E-state index contributed by atoms with van der Waals surface area (Å²) in [6, 6.07) is 6.73. The van der Waals surface area contributed by atoms with Gasteiger partial charge in [0, 0.05) is 6.42 Å². The Bertz CT molecular complexity index is 412. The predicted octanol–water partition coefficient (Wildman–Crippen LogP) is 3.72. The van der Waals surface area contributed by atoms with Gasteiger partial charge in [-0.15, -0.1) is 0 Å². The zero-order valence-corrected chi connectivity index (χ0v) is 12.6. The molecule has 0 unspecified atom stereocenters. The van der Waals surface area contributed by atoms with Crippen molar-refractivity contribution in [3.05, 3.63) is 29.3 Å². The van der Waals surface area contributed by atoms with Gasteiger partial charge in [0.2, 0.25) is 0 Å². The number of fused-ring (bicyclic) bond motifs is 1. The van der Waals surface area contributed by atoms with Gasteiger partial charge in [0.05, 0.1) is 0 Å². The maximum Gasteiger partial charge on any atom is 0.123 e. The van der Waals surface area contributed by atoms with Gasteiger partial charge in [-0.2, -0.15) is 0 Å². The number of ether oxygens (including phenoxy) is 1. The third-order valence-corrected chi connectivity index (χ3v) is 3.77. The van der Waals surface area contributed by atoms with Crippen molar-refractivity contribution in [1.29, 1.82) is 0 Å². The molecule has 0 aliphatic carbocycles. The molecule has 2 nitrogen and oxygen atoms in total. The first-order valence-corrected chi connectivity index (χ1v) is 7.56. The van der Waals surface area contributed by atoms with Crippen LogP contribution in [0.3, 0.4) is 0 Å². The standard InChI is InChI=1S/C17H27NO/c1-17(2)13-15-12-14(9-10-16(15)19-17)8-6-4-5-7-11-18-3/h9-10,12,18H,4-8,11,13H2,1-3H3. The van der Waals surface area contributed by atoms with Crippen molar-refractivity contribution >= 4 is 0 Å². The van der Waals surface area contributed by atoms with E-state index in [1.165, 1.54) is 43.2 Å². The van der Waals surface area contributed by atoms with E-state index in [1.807, 2.05) is 7.05 Å². The molecule has 0 atom stereocenters. The van der Waals surface area contributed by atoms with Crippen molar-refractivity contribution < 1.29 is 4.74 Å². The van der Waals surface area contributed by atoms with Crippen LogP contribution < -0.4 is 10.1 Å². The molecule has 0 saturated carbocycles. The molecule has 0 aromatic heterocycles. The first-order chi connectivity index (χ1) is 9.11. The minimum Gasteiger partial charge on any atom is -0.487 e. The van der Waals surface area contributed by atoms with Crippen molar-refractivity contribution in [1.82, 2.24) is 5.32 Å². The van der Waals surface area contributed by atoms with Crippen LogP contribution in [0, 0.1) is 0 Å². The lowest BCUT2D eigenvalue weighted by Gasteiger charge is -2.16. The van der Waals surface area contributed by atoms with Gasteiger partial charge in [-0.25, -0.2) is 0 Å². The van der Waals surface area contributed by atoms with Crippen LogP contribution >= 0.6 is 0 Å². The summed E-state index contributed by atoms with van der Waals surface area (Å²) in [5.41, 5.74) is 2.83. The largest absolute Gasteiger partial charge is 0.487 e. The highest BCUT2D eigenvalue weighted by Crippen LogP contribution is 2.35. The van der Waals surface area contributed by atoms with Crippen molar-refractivity contribution in [2.45, 2.75) is 58.0 Å². The summed E-state index contributed by atoms with van der Waals surface area (Å²) >= 11 is 0. The van der Waals surface area contributed by atoms with Gasteiger partial charge >= 0.3 is 0 Å². The summed E-state index contributed by atoms with van der Waals surface area (Å²) in [6.45, 7) is 5.47.